The van der Waals surface area contributed by atoms with Crippen LogP contribution in [0.25, 0.3) is 0 Å². The second kappa shape index (κ2) is 5.44. The van der Waals surface area contributed by atoms with E-state index in [0.29, 0.717) is 0 Å². The van der Waals surface area contributed by atoms with E-state index >= 15 is 0 Å². The summed E-state index contributed by atoms with van der Waals surface area (Å²) in [7, 11) is 1.63. The first-order valence-corrected chi connectivity index (χ1v) is 5.20. The molecule has 0 aromatic heterocycles. The smallest absolute Gasteiger partial charge is 0.199 e. The first-order chi connectivity index (χ1) is 7.90. The van der Waals surface area contributed by atoms with E-state index in [1.165, 1.54) is 5.56 Å². The minimum absolute atomic E-state index is 0.157. The van der Waals surface area contributed by atoms with Gasteiger partial charge in [0.25, 0.3) is 0 Å². The average molecular weight is 217 g/mol. The number of benzene rings is 1. The second-order valence-electron chi connectivity index (χ2n) is 3.42. The average Bonchev–Trinajstić information content (AvgIpc) is 2.38. The molecular weight excluding hydrogens is 202 g/mol. The van der Waals surface area contributed by atoms with E-state index in [0.717, 1.165) is 6.54 Å². The molecule has 16 heavy (non-hydrogen) atoms. The molecule has 0 aliphatic carbocycles. The fourth-order valence-electron chi connectivity index (χ4n) is 1.51. The van der Waals surface area contributed by atoms with Gasteiger partial charge < -0.3 is 0 Å². The number of rotatable bonds is 4. The highest BCUT2D eigenvalue weighted by molar-refractivity contribution is 5.71. The van der Waals surface area contributed by atoms with Gasteiger partial charge >= 0.3 is 0 Å². The number of hydrogen-bond donors (Lipinski definition) is 1. The minimum atomic E-state index is -0.157. The van der Waals surface area contributed by atoms with Gasteiger partial charge in [-0.1, -0.05) is 30.3 Å². The van der Waals surface area contributed by atoms with Crippen LogP contribution in [-0.2, 0) is 11.4 Å². The van der Waals surface area contributed by atoms with Crippen LogP contribution in [-0.4, -0.2) is 24.7 Å². The van der Waals surface area contributed by atoms with Gasteiger partial charge in [0.2, 0.25) is 0 Å². The van der Waals surface area contributed by atoms with E-state index < -0.39 is 0 Å². The Balaban J connectivity index is 1.90. The molecule has 0 radical (unpaired) electrons. The lowest BCUT2D eigenvalue weighted by Gasteiger charge is -2.27. The molecule has 1 N–H and O–H groups in total. The van der Waals surface area contributed by atoms with Crippen molar-refractivity contribution in [3.05, 3.63) is 48.2 Å². The standard InChI is InChI=1S/C12H15N3O/c1-16-15-9-5-8-13-12(15)14-10-11-6-3-2-4-7-11/h2-9,12,14H,10H2,1H3. The Bertz CT molecular complexity index is 375. The highest BCUT2D eigenvalue weighted by Gasteiger charge is 2.14. The van der Waals surface area contributed by atoms with Crippen molar-refractivity contribution in [3.63, 3.8) is 0 Å². The summed E-state index contributed by atoms with van der Waals surface area (Å²) in [5.74, 6) is 0. The normalized spacial score (nSPS) is 19.1. The molecule has 1 aromatic rings. The molecule has 0 spiro atoms. The van der Waals surface area contributed by atoms with Crippen LogP contribution < -0.4 is 5.32 Å². The summed E-state index contributed by atoms with van der Waals surface area (Å²) >= 11 is 0. The van der Waals surface area contributed by atoms with Gasteiger partial charge in [0.1, 0.15) is 0 Å². The topological polar surface area (TPSA) is 36.9 Å². The molecular formula is C12H15N3O. The van der Waals surface area contributed by atoms with Crippen LogP contribution >= 0.6 is 0 Å². The van der Waals surface area contributed by atoms with Crippen LogP contribution in [0, 0.1) is 0 Å². The maximum absolute atomic E-state index is 5.16. The van der Waals surface area contributed by atoms with Gasteiger partial charge in [-0.05, 0) is 11.6 Å². The molecule has 0 fully saturated rings. The molecule has 1 aliphatic heterocycles. The quantitative estimate of drug-likeness (QED) is 0.830. The molecule has 0 saturated heterocycles. The van der Waals surface area contributed by atoms with E-state index in [-0.39, 0.29) is 6.29 Å². The Labute approximate surface area is 95.2 Å². The molecule has 1 atom stereocenters. The lowest BCUT2D eigenvalue weighted by atomic mass is 10.2. The molecule has 1 heterocycles. The monoisotopic (exact) mass is 217 g/mol. The number of allylic oxidation sites excluding steroid dienone is 1. The number of aliphatic imine (C=N–C) groups is 1. The zero-order chi connectivity index (χ0) is 11.2. The third-order valence-corrected chi connectivity index (χ3v) is 2.33. The highest BCUT2D eigenvalue weighted by Crippen LogP contribution is 2.05. The maximum atomic E-state index is 5.16. The van der Waals surface area contributed by atoms with Crippen molar-refractivity contribution in [2.45, 2.75) is 12.8 Å². The lowest BCUT2D eigenvalue weighted by molar-refractivity contribution is -0.127. The SMILES string of the molecule is CON1C=CC=NC1NCc1ccccc1. The van der Waals surface area contributed by atoms with Gasteiger partial charge in [-0.25, -0.2) is 5.06 Å². The van der Waals surface area contributed by atoms with Gasteiger partial charge in [-0.15, -0.1) is 0 Å². The van der Waals surface area contributed by atoms with Crippen molar-refractivity contribution >= 4 is 6.21 Å². The highest BCUT2D eigenvalue weighted by atomic mass is 16.7. The van der Waals surface area contributed by atoms with Gasteiger partial charge in [-0.3, -0.25) is 15.1 Å². The zero-order valence-corrected chi connectivity index (χ0v) is 9.21. The van der Waals surface area contributed by atoms with Crippen molar-refractivity contribution in [2.75, 3.05) is 7.11 Å². The van der Waals surface area contributed by atoms with E-state index in [2.05, 4.69) is 22.4 Å². The van der Waals surface area contributed by atoms with Gasteiger partial charge in [0, 0.05) is 19.0 Å². The third kappa shape index (κ3) is 2.68. The van der Waals surface area contributed by atoms with Crippen LogP contribution in [0.3, 0.4) is 0 Å². The summed E-state index contributed by atoms with van der Waals surface area (Å²) in [5.41, 5.74) is 1.23. The van der Waals surface area contributed by atoms with Crippen LogP contribution in [0.15, 0.2) is 47.6 Å². The first-order valence-electron chi connectivity index (χ1n) is 5.20. The van der Waals surface area contributed by atoms with Gasteiger partial charge in [-0.2, -0.15) is 0 Å². The Morgan fingerprint density at radius 1 is 1.38 bits per heavy atom. The predicted molar refractivity (Wildman–Crippen MR) is 63.5 cm³/mol. The number of nitrogens with zero attached hydrogens (tertiary/aromatic N) is 2. The number of hydroxylamine groups is 2. The predicted octanol–water partition coefficient (Wildman–Crippen LogP) is 1.52. The van der Waals surface area contributed by atoms with Crippen molar-refractivity contribution in [3.8, 4) is 0 Å². The maximum Gasteiger partial charge on any atom is 0.199 e. The molecule has 4 nitrogen and oxygen atoms in total. The molecule has 1 aliphatic rings. The van der Waals surface area contributed by atoms with Crippen LogP contribution in [0.5, 0.6) is 0 Å². The second-order valence-corrected chi connectivity index (χ2v) is 3.42. The third-order valence-electron chi connectivity index (χ3n) is 2.33. The van der Waals surface area contributed by atoms with E-state index in [9.17, 15) is 0 Å². The fraction of sp³-hybridized carbons (Fsp3) is 0.250. The van der Waals surface area contributed by atoms with Crippen molar-refractivity contribution < 1.29 is 4.84 Å². The summed E-state index contributed by atoms with van der Waals surface area (Å²) in [6.45, 7) is 0.760. The van der Waals surface area contributed by atoms with Crippen LogP contribution in [0.2, 0.25) is 0 Å². The summed E-state index contributed by atoms with van der Waals surface area (Å²) in [4.78, 5) is 9.44. The first kappa shape index (κ1) is 10.9. The van der Waals surface area contributed by atoms with Gasteiger partial charge in [0.05, 0.1) is 7.11 Å². The molecule has 4 heteroatoms. The molecule has 84 valence electrons. The van der Waals surface area contributed by atoms with E-state index in [1.54, 1.807) is 18.4 Å². The molecule has 0 bridgehead atoms. The summed E-state index contributed by atoms with van der Waals surface area (Å²) in [6, 6.07) is 10.2. The molecule has 0 saturated carbocycles. The summed E-state index contributed by atoms with van der Waals surface area (Å²) < 4.78 is 0. The fourth-order valence-corrected chi connectivity index (χ4v) is 1.51. The largest absolute Gasteiger partial charge is 0.274 e. The Kier molecular flexibility index (Phi) is 3.69. The molecule has 1 unspecified atom stereocenters. The van der Waals surface area contributed by atoms with Crippen molar-refractivity contribution in [2.24, 2.45) is 4.99 Å². The Hall–Kier alpha value is -1.65. The molecule has 0 amide bonds. The van der Waals surface area contributed by atoms with Crippen LogP contribution in [0.4, 0.5) is 0 Å². The molecule has 1 aromatic carbocycles. The summed E-state index contributed by atoms with van der Waals surface area (Å²) in [5, 5.41) is 4.96. The Morgan fingerprint density at radius 2 is 2.19 bits per heavy atom. The van der Waals surface area contributed by atoms with E-state index in [4.69, 9.17) is 4.84 Å². The Morgan fingerprint density at radius 3 is 2.94 bits per heavy atom. The zero-order valence-electron chi connectivity index (χ0n) is 9.21. The number of hydrogen-bond acceptors (Lipinski definition) is 4. The van der Waals surface area contributed by atoms with E-state index in [1.807, 2.05) is 30.5 Å². The van der Waals surface area contributed by atoms with Gasteiger partial charge in [0.15, 0.2) is 6.29 Å². The lowest BCUT2D eigenvalue weighted by Crippen LogP contribution is -2.41. The molecule has 2 rings (SSSR count). The summed E-state index contributed by atoms with van der Waals surface area (Å²) in [6.07, 6.45) is 5.29. The number of nitrogens with one attached hydrogen (secondary N) is 1. The minimum Gasteiger partial charge on any atom is -0.274 e. The van der Waals surface area contributed by atoms with Crippen molar-refractivity contribution in [1.29, 1.82) is 0 Å². The van der Waals surface area contributed by atoms with Crippen molar-refractivity contribution in [1.82, 2.24) is 10.4 Å². The van der Waals surface area contributed by atoms with Crippen LogP contribution in [0.1, 0.15) is 5.56 Å².